The molecule has 0 heterocycles. The first-order valence-corrected chi connectivity index (χ1v) is 7.77. The molecule has 0 aliphatic heterocycles. The van der Waals surface area contributed by atoms with Gasteiger partial charge in [-0.25, -0.2) is 0 Å². The van der Waals surface area contributed by atoms with Gasteiger partial charge in [0.05, 0.1) is 5.02 Å². The molecule has 0 radical (unpaired) electrons. The number of rotatable bonds is 4. The van der Waals surface area contributed by atoms with Crippen molar-refractivity contribution in [3.8, 4) is 0 Å². The number of nitrogen functional groups attached to an aromatic ring is 1. The molecule has 0 spiro atoms. The molecule has 21 heavy (non-hydrogen) atoms. The zero-order valence-electron chi connectivity index (χ0n) is 11.6. The maximum atomic E-state index is 12.5. The van der Waals surface area contributed by atoms with Crippen molar-refractivity contribution in [1.29, 1.82) is 0 Å². The van der Waals surface area contributed by atoms with E-state index in [0.29, 0.717) is 29.4 Å². The van der Waals surface area contributed by atoms with Gasteiger partial charge in [-0.15, -0.1) is 0 Å². The Hall–Kier alpha value is -1.52. The molecule has 0 atom stereocenters. The van der Waals surface area contributed by atoms with Crippen molar-refractivity contribution < 1.29 is 4.79 Å². The molecular weight excluding hydrogens is 352 g/mol. The average Bonchev–Trinajstić information content (AvgIpc) is 2.47. The molecular formula is C16H16BrClN2O. The van der Waals surface area contributed by atoms with Crippen molar-refractivity contribution in [2.75, 3.05) is 12.3 Å². The summed E-state index contributed by atoms with van der Waals surface area (Å²) in [5.74, 6) is -0.0469. The van der Waals surface area contributed by atoms with Gasteiger partial charge in [0.1, 0.15) is 0 Å². The number of carbonyl (C=O) groups excluding carboxylic acids is 1. The summed E-state index contributed by atoms with van der Waals surface area (Å²) < 4.78 is 0.777. The van der Waals surface area contributed by atoms with Crippen molar-refractivity contribution in [3.05, 3.63) is 63.1 Å². The van der Waals surface area contributed by atoms with Crippen molar-refractivity contribution in [3.63, 3.8) is 0 Å². The van der Waals surface area contributed by atoms with E-state index in [9.17, 15) is 4.79 Å². The molecule has 0 aliphatic carbocycles. The lowest BCUT2D eigenvalue weighted by atomic mass is 10.1. The molecule has 0 aromatic heterocycles. The number of carbonyl (C=O) groups is 1. The molecule has 0 saturated carbocycles. The second kappa shape index (κ2) is 6.96. The van der Waals surface area contributed by atoms with E-state index in [1.807, 2.05) is 31.2 Å². The Bertz CT molecular complexity index is 660. The molecule has 110 valence electrons. The van der Waals surface area contributed by atoms with Gasteiger partial charge in [0.15, 0.2) is 0 Å². The van der Waals surface area contributed by atoms with Crippen LogP contribution in [-0.4, -0.2) is 17.4 Å². The Balaban J connectivity index is 2.20. The standard InChI is InChI=1S/C16H16BrClN2O/c1-2-20(10-11-4-3-5-13(19)8-11)16(21)12-6-7-14(17)15(18)9-12/h3-9H,2,10,19H2,1H3. The van der Waals surface area contributed by atoms with Crippen LogP contribution in [0.4, 0.5) is 5.69 Å². The van der Waals surface area contributed by atoms with Crippen LogP contribution in [0.2, 0.25) is 5.02 Å². The van der Waals surface area contributed by atoms with Crippen molar-refractivity contribution in [1.82, 2.24) is 4.90 Å². The van der Waals surface area contributed by atoms with Gasteiger partial charge >= 0.3 is 0 Å². The monoisotopic (exact) mass is 366 g/mol. The molecule has 0 unspecified atom stereocenters. The van der Waals surface area contributed by atoms with Crippen LogP contribution < -0.4 is 5.73 Å². The van der Waals surface area contributed by atoms with Crippen LogP contribution in [0.3, 0.4) is 0 Å². The number of nitrogens with zero attached hydrogens (tertiary/aromatic N) is 1. The molecule has 3 nitrogen and oxygen atoms in total. The topological polar surface area (TPSA) is 46.3 Å². The van der Waals surface area contributed by atoms with E-state index < -0.39 is 0 Å². The predicted molar refractivity (Wildman–Crippen MR) is 90.4 cm³/mol. The van der Waals surface area contributed by atoms with Crippen LogP contribution in [0.1, 0.15) is 22.8 Å². The number of hydrogen-bond acceptors (Lipinski definition) is 2. The highest BCUT2D eigenvalue weighted by Gasteiger charge is 2.15. The molecule has 0 fully saturated rings. The predicted octanol–water partition coefficient (Wildman–Crippen LogP) is 4.35. The minimum Gasteiger partial charge on any atom is -0.399 e. The highest BCUT2D eigenvalue weighted by molar-refractivity contribution is 9.10. The Morgan fingerprint density at radius 1 is 1.29 bits per heavy atom. The van der Waals surface area contributed by atoms with E-state index in [-0.39, 0.29) is 5.91 Å². The lowest BCUT2D eigenvalue weighted by molar-refractivity contribution is 0.0752. The molecule has 2 aromatic carbocycles. The van der Waals surface area contributed by atoms with Crippen molar-refractivity contribution in [2.24, 2.45) is 0 Å². The Morgan fingerprint density at radius 3 is 2.67 bits per heavy atom. The first-order chi connectivity index (χ1) is 10.0. The lowest BCUT2D eigenvalue weighted by Gasteiger charge is -2.21. The molecule has 0 saturated heterocycles. The van der Waals surface area contributed by atoms with Crippen LogP contribution in [0.15, 0.2) is 46.9 Å². The quantitative estimate of drug-likeness (QED) is 0.817. The van der Waals surface area contributed by atoms with Gasteiger partial charge in [-0.3, -0.25) is 4.79 Å². The van der Waals surface area contributed by atoms with E-state index in [1.54, 1.807) is 23.1 Å². The summed E-state index contributed by atoms with van der Waals surface area (Å²) in [5.41, 5.74) is 8.06. The molecule has 2 N–H and O–H groups in total. The third-order valence-electron chi connectivity index (χ3n) is 3.16. The fraction of sp³-hybridized carbons (Fsp3) is 0.188. The van der Waals surface area contributed by atoms with E-state index in [1.165, 1.54) is 0 Å². The largest absolute Gasteiger partial charge is 0.399 e. The SMILES string of the molecule is CCN(Cc1cccc(N)c1)C(=O)c1ccc(Br)c(Cl)c1. The fourth-order valence-electron chi connectivity index (χ4n) is 2.05. The van der Waals surface area contributed by atoms with E-state index >= 15 is 0 Å². The van der Waals surface area contributed by atoms with Gasteiger partial charge in [-0.05, 0) is 58.7 Å². The third kappa shape index (κ3) is 3.99. The minimum absolute atomic E-state index is 0.0469. The number of anilines is 1. The number of hydrogen-bond donors (Lipinski definition) is 1. The Labute approximate surface area is 137 Å². The minimum atomic E-state index is -0.0469. The van der Waals surface area contributed by atoms with Crippen LogP contribution in [-0.2, 0) is 6.54 Å². The fourth-order valence-corrected chi connectivity index (χ4v) is 2.48. The van der Waals surface area contributed by atoms with Gasteiger partial charge in [0.25, 0.3) is 5.91 Å². The molecule has 1 amide bonds. The second-order valence-electron chi connectivity index (χ2n) is 4.69. The average molecular weight is 368 g/mol. The maximum Gasteiger partial charge on any atom is 0.254 e. The van der Waals surface area contributed by atoms with Gasteiger partial charge in [-0.1, -0.05) is 23.7 Å². The number of benzene rings is 2. The lowest BCUT2D eigenvalue weighted by Crippen LogP contribution is -2.30. The van der Waals surface area contributed by atoms with E-state index in [4.69, 9.17) is 17.3 Å². The second-order valence-corrected chi connectivity index (χ2v) is 5.95. The number of nitrogens with two attached hydrogens (primary N) is 1. The molecule has 5 heteroatoms. The normalized spacial score (nSPS) is 10.4. The van der Waals surface area contributed by atoms with Crippen LogP contribution in [0, 0.1) is 0 Å². The number of amides is 1. The Morgan fingerprint density at radius 2 is 2.05 bits per heavy atom. The summed E-state index contributed by atoms with van der Waals surface area (Å²) >= 11 is 9.38. The van der Waals surface area contributed by atoms with Crippen molar-refractivity contribution >= 4 is 39.1 Å². The summed E-state index contributed by atoms with van der Waals surface area (Å²) in [6.07, 6.45) is 0. The van der Waals surface area contributed by atoms with Crippen molar-refractivity contribution in [2.45, 2.75) is 13.5 Å². The summed E-state index contributed by atoms with van der Waals surface area (Å²) in [6, 6.07) is 12.8. The number of halogens is 2. The highest BCUT2D eigenvalue weighted by Crippen LogP contribution is 2.24. The zero-order chi connectivity index (χ0) is 15.4. The van der Waals surface area contributed by atoms with Crippen LogP contribution in [0.25, 0.3) is 0 Å². The summed E-state index contributed by atoms with van der Waals surface area (Å²) in [6.45, 7) is 3.08. The summed E-state index contributed by atoms with van der Waals surface area (Å²) in [4.78, 5) is 14.3. The zero-order valence-corrected chi connectivity index (χ0v) is 14.0. The smallest absolute Gasteiger partial charge is 0.254 e. The molecule has 0 bridgehead atoms. The van der Waals surface area contributed by atoms with Gasteiger partial charge < -0.3 is 10.6 Å². The summed E-state index contributed by atoms with van der Waals surface area (Å²) in [5, 5.41) is 0.529. The molecule has 0 aliphatic rings. The first kappa shape index (κ1) is 15.9. The van der Waals surface area contributed by atoms with E-state index in [2.05, 4.69) is 15.9 Å². The molecule has 2 rings (SSSR count). The van der Waals surface area contributed by atoms with Gasteiger partial charge in [-0.2, -0.15) is 0 Å². The maximum absolute atomic E-state index is 12.5. The van der Waals surface area contributed by atoms with Crippen LogP contribution >= 0.6 is 27.5 Å². The van der Waals surface area contributed by atoms with E-state index in [0.717, 1.165) is 10.0 Å². The van der Waals surface area contributed by atoms with Crippen LogP contribution in [0.5, 0.6) is 0 Å². The molecule has 2 aromatic rings. The first-order valence-electron chi connectivity index (χ1n) is 6.60. The highest BCUT2D eigenvalue weighted by atomic mass is 79.9. The Kier molecular flexibility index (Phi) is 5.26. The van der Waals surface area contributed by atoms with Gasteiger partial charge in [0.2, 0.25) is 0 Å². The van der Waals surface area contributed by atoms with Gasteiger partial charge in [0, 0.05) is 28.8 Å². The summed E-state index contributed by atoms with van der Waals surface area (Å²) in [7, 11) is 0. The third-order valence-corrected chi connectivity index (χ3v) is 4.39.